The summed E-state index contributed by atoms with van der Waals surface area (Å²) in [5.41, 5.74) is 0. The molecule has 1 N–H and O–H groups in total. The average Bonchev–Trinajstić information content (AvgIpc) is 2.90. The minimum Gasteiger partial charge on any atom is -0.479 e. The van der Waals surface area contributed by atoms with Crippen molar-refractivity contribution < 1.29 is 19.4 Å². The van der Waals surface area contributed by atoms with Gasteiger partial charge in [0.2, 0.25) is 0 Å². The van der Waals surface area contributed by atoms with Crippen LogP contribution in [-0.2, 0) is 14.3 Å². The summed E-state index contributed by atoms with van der Waals surface area (Å²) in [6.45, 7) is 4.48. The molecule has 1 atom stereocenters. The zero-order chi connectivity index (χ0) is 27.9. The molecular weight excluding hydrogens is 472 g/mol. The zero-order valence-corrected chi connectivity index (χ0v) is 25.2. The van der Waals surface area contributed by atoms with Gasteiger partial charge in [-0.05, 0) is 51.4 Å². The average molecular weight is 535 g/mol. The fourth-order valence-electron chi connectivity index (χ4n) is 4.70. The van der Waals surface area contributed by atoms with E-state index < -0.39 is 12.1 Å². The van der Waals surface area contributed by atoms with Gasteiger partial charge in [-0.25, -0.2) is 4.79 Å². The van der Waals surface area contributed by atoms with Crippen molar-refractivity contribution in [1.29, 1.82) is 0 Å². The molecule has 0 bridgehead atoms. The smallest absolute Gasteiger partial charge is 0.345 e. The second-order valence-electron chi connectivity index (χ2n) is 11.0. The maximum absolute atomic E-state index is 12.1. The number of unbranched alkanes of at least 4 members (excludes halogenated alkanes) is 19. The molecule has 38 heavy (non-hydrogen) atoms. The van der Waals surface area contributed by atoms with E-state index in [0.29, 0.717) is 12.8 Å². The predicted octanol–water partition coefficient (Wildman–Crippen LogP) is 10.9. The minimum absolute atomic E-state index is 0.333. The van der Waals surface area contributed by atoms with Crippen molar-refractivity contribution in [2.24, 2.45) is 0 Å². The lowest BCUT2D eigenvalue weighted by Gasteiger charge is -2.13. The van der Waals surface area contributed by atoms with Crippen LogP contribution in [0, 0.1) is 0 Å². The van der Waals surface area contributed by atoms with Gasteiger partial charge in [-0.1, -0.05) is 141 Å². The van der Waals surface area contributed by atoms with Gasteiger partial charge in [0.25, 0.3) is 0 Å². The Labute approximate surface area is 236 Å². The molecule has 0 aromatic carbocycles. The highest BCUT2D eigenvalue weighted by molar-refractivity contribution is 5.77. The topological polar surface area (TPSA) is 63.6 Å². The van der Waals surface area contributed by atoms with E-state index in [-0.39, 0.29) is 5.97 Å². The Morgan fingerprint density at radius 1 is 0.579 bits per heavy atom. The standard InChI is InChI=1S/C34H62O4/c1-3-5-7-9-11-13-15-16-17-18-19-20-21-23-25-27-29-31-33(35)38-32(34(36)37)30-28-26-24-22-14-12-10-8-6-4-2/h11,13,16-17,32H,3-10,12,14-15,18-31H2,1-2H3,(H,36,37)/b13-11-,17-16-. The van der Waals surface area contributed by atoms with Gasteiger partial charge in [0.15, 0.2) is 6.10 Å². The normalized spacial score (nSPS) is 12.5. The maximum Gasteiger partial charge on any atom is 0.345 e. The van der Waals surface area contributed by atoms with E-state index in [2.05, 4.69) is 38.2 Å². The van der Waals surface area contributed by atoms with Crippen molar-refractivity contribution in [3.8, 4) is 0 Å². The van der Waals surface area contributed by atoms with Gasteiger partial charge >= 0.3 is 11.9 Å². The van der Waals surface area contributed by atoms with Gasteiger partial charge in [0.1, 0.15) is 0 Å². The molecule has 0 heterocycles. The Morgan fingerprint density at radius 2 is 1.00 bits per heavy atom. The Bertz CT molecular complexity index is 581. The van der Waals surface area contributed by atoms with Crippen molar-refractivity contribution in [2.75, 3.05) is 0 Å². The number of carbonyl (C=O) groups excluding carboxylic acids is 1. The lowest BCUT2D eigenvalue weighted by atomic mass is 10.0. The fourth-order valence-corrected chi connectivity index (χ4v) is 4.70. The Morgan fingerprint density at radius 3 is 1.53 bits per heavy atom. The van der Waals surface area contributed by atoms with Crippen molar-refractivity contribution in [3.05, 3.63) is 24.3 Å². The summed E-state index contributed by atoms with van der Waals surface area (Å²) in [4.78, 5) is 23.6. The van der Waals surface area contributed by atoms with Crippen LogP contribution in [0.15, 0.2) is 24.3 Å². The lowest BCUT2D eigenvalue weighted by Crippen LogP contribution is -2.27. The van der Waals surface area contributed by atoms with Crippen molar-refractivity contribution in [1.82, 2.24) is 0 Å². The van der Waals surface area contributed by atoms with Gasteiger partial charge in [-0.2, -0.15) is 0 Å². The quantitative estimate of drug-likeness (QED) is 0.0589. The molecule has 0 radical (unpaired) electrons. The van der Waals surface area contributed by atoms with Crippen molar-refractivity contribution >= 4 is 11.9 Å². The fraction of sp³-hybridized carbons (Fsp3) is 0.824. The van der Waals surface area contributed by atoms with E-state index >= 15 is 0 Å². The molecule has 0 amide bonds. The van der Waals surface area contributed by atoms with Crippen LogP contribution in [0.4, 0.5) is 0 Å². The van der Waals surface area contributed by atoms with Gasteiger partial charge in [-0.3, -0.25) is 4.79 Å². The monoisotopic (exact) mass is 534 g/mol. The van der Waals surface area contributed by atoms with E-state index in [1.165, 1.54) is 103 Å². The van der Waals surface area contributed by atoms with Gasteiger partial charge in [-0.15, -0.1) is 0 Å². The van der Waals surface area contributed by atoms with Crippen molar-refractivity contribution in [3.63, 3.8) is 0 Å². The van der Waals surface area contributed by atoms with Gasteiger partial charge in [0, 0.05) is 6.42 Å². The molecule has 0 fully saturated rings. The third-order valence-corrected chi connectivity index (χ3v) is 7.20. The second-order valence-corrected chi connectivity index (χ2v) is 11.0. The first-order valence-corrected chi connectivity index (χ1v) is 16.3. The van der Waals surface area contributed by atoms with Crippen LogP contribution in [0.5, 0.6) is 0 Å². The first-order chi connectivity index (χ1) is 18.6. The lowest BCUT2D eigenvalue weighted by molar-refractivity contribution is -0.164. The summed E-state index contributed by atoms with van der Waals surface area (Å²) in [6.07, 6.45) is 36.3. The molecule has 0 aromatic rings. The molecule has 0 aliphatic heterocycles. The number of allylic oxidation sites excluding steroid dienone is 4. The molecule has 1 unspecified atom stereocenters. The molecule has 0 aromatic heterocycles. The first kappa shape index (κ1) is 36.4. The maximum atomic E-state index is 12.1. The minimum atomic E-state index is -1.01. The number of esters is 1. The molecule has 0 aliphatic carbocycles. The molecule has 0 aliphatic rings. The number of ether oxygens (including phenoxy) is 1. The van der Waals surface area contributed by atoms with Crippen LogP contribution >= 0.6 is 0 Å². The number of hydrogen-bond donors (Lipinski definition) is 1. The Hall–Kier alpha value is -1.58. The molecule has 4 heteroatoms. The summed E-state index contributed by atoms with van der Waals surface area (Å²) < 4.78 is 5.27. The Balaban J connectivity index is 3.59. The third-order valence-electron chi connectivity index (χ3n) is 7.20. The highest BCUT2D eigenvalue weighted by Gasteiger charge is 2.21. The molecule has 0 rings (SSSR count). The zero-order valence-electron chi connectivity index (χ0n) is 25.2. The van der Waals surface area contributed by atoms with E-state index in [1.54, 1.807) is 0 Å². The van der Waals surface area contributed by atoms with Crippen LogP contribution in [0.2, 0.25) is 0 Å². The molecule has 4 nitrogen and oxygen atoms in total. The van der Waals surface area contributed by atoms with Crippen LogP contribution in [-0.4, -0.2) is 23.1 Å². The van der Waals surface area contributed by atoms with E-state index in [4.69, 9.17) is 4.74 Å². The molecule has 0 saturated carbocycles. The largest absolute Gasteiger partial charge is 0.479 e. The first-order valence-electron chi connectivity index (χ1n) is 16.3. The van der Waals surface area contributed by atoms with Crippen LogP contribution in [0.3, 0.4) is 0 Å². The number of aliphatic carboxylic acids is 1. The number of hydrogen-bond acceptors (Lipinski definition) is 3. The number of carbonyl (C=O) groups is 2. The predicted molar refractivity (Wildman–Crippen MR) is 163 cm³/mol. The van der Waals surface area contributed by atoms with E-state index in [9.17, 15) is 14.7 Å². The third kappa shape index (κ3) is 27.5. The molecule has 0 saturated heterocycles. The highest BCUT2D eigenvalue weighted by atomic mass is 16.6. The Kier molecular flexibility index (Phi) is 28.7. The summed E-state index contributed by atoms with van der Waals surface area (Å²) in [7, 11) is 0. The van der Waals surface area contributed by atoms with Crippen molar-refractivity contribution in [2.45, 2.75) is 180 Å². The summed E-state index contributed by atoms with van der Waals surface area (Å²) in [5, 5.41) is 9.40. The van der Waals surface area contributed by atoms with Gasteiger partial charge < -0.3 is 9.84 Å². The summed E-state index contributed by atoms with van der Waals surface area (Å²) in [6, 6.07) is 0. The highest BCUT2D eigenvalue weighted by Crippen LogP contribution is 2.15. The number of carboxylic acid groups (broad SMARTS) is 1. The summed E-state index contributed by atoms with van der Waals surface area (Å²) in [5.74, 6) is -1.37. The SMILES string of the molecule is CCCCC/C=C\C/C=C\CCCCCCCCCC(=O)OC(CCCCCCCCCCCC)C(=O)O. The van der Waals surface area contributed by atoms with E-state index in [1.807, 2.05) is 0 Å². The number of carboxylic acids is 1. The van der Waals surface area contributed by atoms with Crippen LogP contribution < -0.4 is 0 Å². The second kappa shape index (κ2) is 30.0. The van der Waals surface area contributed by atoms with Gasteiger partial charge in [0.05, 0.1) is 0 Å². The molecule has 0 spiro atoms. The van der Waals surface area contributed by atoms with Crippen LogP contribution in [0.25, 0.3) is 0 Å². The van der Waals surface area contributed by atoms with E-state index in [0.717, 1.165) is 44.9 Å². The van der Waals surface area contributed by atoms with Crippen LogP contribution in [0.1, 0.15) is 174 Å². The number of rotatable bonds is 29. The molecular formula is C34H62O4. The summed E-state index contributed by atoms with van der Waals surface area (Å²) >= 11 is 0. The molecule has 222 valence electrons.